The van der Waals surface area contributed by atoms with E-state index in [1.54, 1.807) is 11.3 Å². The Bertz CT molecular complexity index is 216. The molecule has 0 saturated heterocycles. The quantitative estimate of drug-likeness (QED) is 0.743. The summed E-state index contributed by atoms with van der Waals surface area (Å²) in [6, 6.07) is 0. The Hall–Kier alpha value is -0.170. The molecule has 0 saturated carbocycles. The zero-order valence-corrected chi connectivity index (χ0v) is 9.14. The highest BCUT2D eigenvalue weighted by Gasteiger charge is 1.88. The molecule has 11 heavy (non-hydrogen) atoms. The molecule has 5 heteroatoms. The van der Waals surface area contributed by atoms with Crippen LogP contribution in [0.5, 0.6) is 0 Å². The average Bonchev–Trinajstić information content (AvgIpc) is 2.13. The number of aryl methyl sites for hydroxylation is 1. The van der Waals surface area contributed by atoms with Crippen LogP contribution in [0.3, 0.4) is 0 Å². The van der Waals surface area contributed by atoms with Crippen LogP contribution < -0.4 is 0 Å². The third-order valence-electron chi connectivity index (χ3n) is 0.593. The second kappa shape index (κ2) is 5.48. The number of carboxylic acid groups (broad SMARTS) is 1. The van der Waals surface area contributed by atoms with Crippen LogP contribution in [0.2, 0.25) is 0 Å². The molecule has 1 aromatic heterocycles. The van der Waals surface area contributed by atoms with Crippen molar-refractivity contribution in [3.63, 3.8) is 0 Å². The first-order chi connectivity index (χ1) is 5.02. The van der Waals surface area contributed by atoms with Gasteiger partial charge in [0.2, 0.25) is 0 Å². The lowest BCUT2D eigenvalue weighted by Gasteiger charge is -1.66. The molecule has 1 heterocycles. The van der Waals surface area contributed by atoms with Crippen LogP contribution in [0.25, 0.3) is 0 Å². The predicted octanol–water partition coefficient (Wildman–Crippen LogP) is 2.15. The standard InChI is InChI=1S/C4H4INS.C2H4O2/c1-3-2-6-4(5)7-3;1-2(3)4/h2H,1H3;1H3,(H,3,4). The Morgan fingerprint density at radius 3 is 2.36 bits per heavy atom. The van der Waals surface area contributed by atoms with Crippen molar-refractivity contribution in [3.05, 3.63) is 14.1 Å². The van der Waals surface area contributed by atoms with E-state index in [-0.39, 0.29) is 0 Å². The number of hydrogen-bond donors (Lipinski definition) is 1. The third kappa shape index (κ3) is 7.73. The topological polar surface area (TPSA) is 50.2 Å². The van der Waals surface area contributed by atoms with Crippen molar-refractivity contribution in [2.45, 2.75) is 13.8 Å². The minimum Gasteiger partial charge on any atom is -0.481 e. The van der Waals surface area contributed by atoms with E-state index >= 15 is 0 Å². The third-order valence-corrected chi connectivity index (χ3v) is 2.23. The summed E-state index contributed by atoms with van der Waals surface area (Å²) in [5.41, 5.74) is 0. The van der Waals surface area contributed by atoms with Crippen LogP contribution in [-0.4, -0.2) is 16.1 Å². The molecular weight excluding hydrogens is 277 g/mol. The van der Waals surface area contributed by atoms with Gasteiger partial charge in [-0.2, -0.15) is 0 Å². The maximum atomic E-state index is 9.00. The molecule has 1 aromatic rings. The summed E-state index contributed by atoms with van der Waals surface area (Å²) >= 11 is 3.93. The van der Waals surface area contributed by atoms with Gasteiger partial charge in [0.25, 0.3) is 5.97 Å². The minimum atomic E-state index is -0.833. The number of rotatable bonds is 0. The number of nitrogens with zero attached hydrogens (tertiary/aromatic N) is 1. The SMILES string of the molecule is CC(=O)O.Cc1cnc(I)s1. The van der Waals surface area contributed by atoms with E-state index in [0.29, 0.717) is 0 Å². The normalized spacial score (nSPS) is 8.27. The molecule has 0 fully saturated rings. The fourth-order valence-corrected chi connectivity index (χ4v) is 1.98. The molecule has 0 bridgehead atoms. The van der Waals surface area contributed by atoms with Crippen molar-refractivity contribution in [1.29, 1.82) is 0 Å². The molecule has 0 unspecified atom stereocenters. The van der Waals surface area contributed by atoms with Gasteiger partial charge in [-0.1, -0.05) is 0 Å². The van der Waals surface area contributed by atoms with Crippen molar-refractivity contribution in [2.24, 2.45) is 0 Å². The van der Waals surface area contributed by atoms with E-state index in [2.05, 4.69) is 34.5 Å². The number of hydrogen-bond acceptors (Lipinski definition) is 3. The van der Waals surface area contributed by atoms with Crippen molar-refractivity contribution < 1.29 is 9.90 Å². The molecule has 0 aliphatic carbocycles. The van der Waals surface area contributed by atoms with Gasteiger partial charge in [-0.05, 0) is 29.5 Å². The molecule has 1 rings (SSSR count). The van der Waals surface area contributed by atoms with E-state index in [9.17, 15) is 0 Å². The second-order valence-electron chi connectivity index (χ2n) is 1.74. The molecule has 0 aliphatic rings. The summed E-state index contributed by atoms with van der Waals surface area (Å²) in [7, 11) is 0. The van der Waals surface area contributed by atoms with Crippen LogP contribution >= 0.6 is 33.9 Å². The maximum Gasteiger partial charge on any atom is 0.300 e. The fraction of sp³-hybridized carbons (Fsp3) is 0.333. The van der Waals surface area contributed by atoms with Gasteiger partial charge in [-0.15, -0.1) is 11.3 Å². The van der Waals surface area contributed by atoms with E-state index < -0.39 is 5.97 Å². The van der Waals surface area contributed by atoms with Crippen LogP contribution in [0.15, 0.2) is 6.20 Å². The van der Waals surface area contributed by atoms with Gasteiger partial charge < -0.3 is 5.11 Å². The average molecular weight is 285 g/mol. The Balaban J connectivity index is 0.000000218. The zero-order valence-electron chi connectivity index (χ0n) is 6.17. The van der Waals surface area contributed by atoms with Gasteiger partial charge in [-0.25, -0.2) is 4.98 Å². The molecule has 0 aliphatic heterocycles. The monoisotopic (exact) mass is 285 g/mol. The molecule has 0 amide bonds. The van der Waals surface area contributed by atoms with Crippen molar-refractivity contribution in [3.8, 4) is 0 Å². The Morgan fingerprint density at radius 1 is 1.82 bits per heavy atom. The number of thiazole rings is 1. The van der Waals surface area contributed by atoms with Crippen molar-refractivity contribution in [2.75, 3.05) is 0 Å². The highest BCUT2D eigenvalue weighted by molar-refractivity contribution is 14.1. The number of halogens is 1. The Labute approximate surface area is 82.6 Å². The molecule has 0 aromatic carbocycles. The van der Waals surface area contributed by atoms with Crippen LogP contribution in [0, 0.1) is 9.94 Å². The van der Waals surface area contributed by atoms with Crippen LogP contribution in [0.4, 0.5) is 0 Å². The summed E-state index contributed by atoms with van der Waals surface area (Å²) in [5.74, 6) is -0.833. The summed E-state index contributed by atoms with van der Waals surface area (Å²) in [6.45, 7) is 3.14. The molecule has 1 N–H and O–H groups in total. The largest absolute Gasteiger partial charge is 0.481 e. The minimum absolute atomic E-state index is 0.833. The van der Waals surface area contributed by atoms with Gasteiger partial charge in [-0.3, -0.25) is 4.79 Å². The zero-order chi connectivity index (χ0) is 8.85. The lowest BCUT2D eigenvalue weighted by atomic mass is 10.7. The maximum absolute atomic E-state index is 9.00. The lowest BCUT2D eigenvalue weighted by molar-refractivity contribution is -0.134. The summed E-state index contributed by atoms with van der Waals surface area (Å²) in [5, 5.41) is 7.42. The van der Waals surface area contributed by atoms with Crippen LogP contribution in [0.1, 0.15) is 11.8 Å². The number of aliphatic carboxylic acids is 1. The van der Waals surface area contributed by atoms with E-state index in [4.69, 9.17) is 9.90 Å². The van der Waals surface area contributed by atoms with Crippen molar-refractivity contribution >= 4 is 39.9 Å². The van der Waals surface area contributed by atoms with E-state index in [1.807, 2.05) is 6.20 Å². The van der Waals surface area contributed by atoms with Gasteiger partial charge in [0.15, 0.2) is 3.01 Å². The molecule has 3 nitrogen and oxygen atoms in total. The van der Waals surface area contributed by atoms with Gasteiger partial charge >= 0.3 is 0 Å². The number of carbonyl (C=O) groups is 1. The Morgan fingerprint density at radius 2 is 2.27 bits per heavy atom. The van der Waals surface area contributed by atoms with E-state index in [1.165, 1.54) is 4.88 Å². The first-order valence-corrected chi connectivity index (χ1v) is 4.69. The first kappa shape index (κ1) is 10.8. The van der Waals surface area contributed by atoms with E-state index in [0.717, 1.165) is 9.94 Å². The molecular formula is C6H8INO2S. The second-order valence-corrected chi connectivity index (χ2v) is 4.73. The molecule has 0 spiro atoms. The van der Waals surface area contributed by atoms with Crippen LogP contribution in [-0.2, 0) is 4.79 Å². The lowest BCUT2D eigenvalue weighted by Crippen LogP contribution is -1.78. The molecule has 0 atom stereocenters. The molecule has 62 valence electrons. The Kier molecular flexibility index (Phi) is 5.39. The first-order valence-electron chi connectivity index (χ1n) is 2.80. The predicted molar refractivity (Wildman–Crippen MR) is 52.9 cm³/mol. The molecule has 0 radical (unpaired) electrons. The number of aromatic nitrogens is 1. The smallest absolute Gasteiger partial charge is 0.300 e. The van der Waals surface area contributed by atoms with Gasteiger partial charge in [0.05, 0.1) is 0 Å². The summed E-state index contributed by atoms with van der Waals surface area (Å²) in [4.78, 5) is 14.3. The fourth-order valence-electron chi connectivity index (χ4n) is 0.327. The highest BCUT2D eigenvalue weighted by atomic mass is 127. The van der Waals surface area contributed by atoms with Gasteiger partial charge in [0.1, 0.15) is 0 Å². The van der Waals surface area contributed by atoms with Crippen molar-refractivity contribution in [1.82, 2.24) is 4.98 Å². The summed E-state index contributed by atoms with van der Waals surface area (Å²) in [6.07, 6.45) is 1.88. The highest BCUT2D eigenvalue weighted by Crippen LogP contribution is 2.12. The van der Waals surface area contributed by atoms with Gasteiger partial charge in [0, 0.05) is 18.0 Å². The number of carboxylic acids is 1. The summed E-state index contributed by atoms with van der Waals surface area (Å²) < 4.78 is 1.12.